The van der Waals surface area contributed by atoms with Gasteiger partial charge in [-0.25, -0.2) is 18.5 Å². The number of rotatable bonds is 9. The SMILES string of the molecule is CCCn1c(SC(CC)C(=O)NCc2ccccc2)nc2cc(S(N)(=O)=O)ccc21. The summed E-state index contributed by atoms with van der Waals surface area (Å²) < 4.78 is 25.4. The number of aryl methyl sites for hydroxylation is 1. The standard InChI is InChI=1S/C21H26N4O3S2/c1-3-12-25-18-11-10-16(30(22,27)28)13-17(18)24-21(25)29-19(4-2)20(26)23-14-15-8-6-5-7-9-15/h5-11,13,19H,3-4,12,14H2,1-2H3,(H,23,26)(H2,22,27,28). The maximum atomic E-state index is 12.8. The van der Waals surface area contributed by atoms with E-state index >= 15 is 0 Å². The number of fused-ring (bicyclic) bond motifs is 1. The summed E-state index contributed by atoms with van der Waals surface area (Å²) in [6.07, 6.45) is 1.52. The van der Waals surface area contributed by atoms with Gasteiger partial charge in [-0.15, -0.1) is 0 Å². The van der Waals surface area contributed by atoms with E-state index in [-0.39, 0.29) is 16.1 Å². The minimum Gasteiger partial charge on any atom is -0.351 e. The third-order valence-corrected chi connectivity index (χ3v) is 6.95. The third-order valence-electron chi connectivity index (χ3n) is 4.68. The van der Waals surface area contributed by atoms with Crippen LogP contribution in [0.3, 0.4) is 0 Å². The van der Waals surface area contributed by atoms with Crippen molar-refractivity contribution in [1.82, 2.24) is 14.9 Å². The number of primary sulfonamides is 1. The van der Waals surface area contributed by atoms with Crippen LogP contribution in [0, 0.1) is 0 Å². The maximum Gasteiger partial charge on any atom is 0.238 e. The zero-order valence-electron chi connectivity index (χ0n) is 17.0. The Hall–Kier alpha value is -2.36. The van der Waals surface area contributed by atoms with Crippen LogP contribution in [-0.4, -0.2) is 29.1 Å². The van der Waals surface area contributed by atoms with Crippen molar-refractivity contribution in [3.8, 4) is 0 Å². The molecule has 0 radical (unpaired) electrons. The molecule has 1 amide bonds. The number of aromatic nitrogens is 2. The molecule has 0 spiro atoms. The average Bonchev–Trinajstić information content (AvgIpc) is 3.07. The number of imidazole rings is 1. The molecule has 2 aromatic carbocycles. The first-order valence-corrected chi connectivity index (χ1v) is 12.3. The molecule has 0 aliphatic rings. The smallest absolute Gasteiger partial charge is 0.238 e. The minimum atomic E-state index is -3.81. The molecule has 1 heterocycles. The van der Waals surface area contributed by atoms with E-state index in [9.17, 15) is 13.2 Å². The Morgan fingerprint density at radius 3 is 2.57 bits per heavy atom. The molecule has 0 saturated heterocycles. The molecular formula is C21H26N4O3S2. The number of thioether (sulfide) groups is 1. The molecule has 0 aliphatic carbocycles. The summed E-state index contributed by atoms with van der Waals surface area (Å²) in [6, 6.07) is 14.5. The van der Waals surface area contributed by atoms with E-state index < -0.39 is 10.0 Å². The Bertz CT molecular complexity index is 1130. The first-order chi connectivity index (χ1) is 14.3. The minimum absolute atomic E-state index is 0.0281. The van der Waals surface area contributed by atoms with E-state index in [2.05, 4.69) is 17.2 Å². The molecule has 1 aromatic heterocycles. The molecule has 0 saturated carbocycles. The summed E-state index contributed by atoms with van der Waals surface area (Å²) in [4.78, 5) is 17.4. The predicted octanol–water partition coefficient (Wildman–Crippen LogP) is 3.28. The molecule has 3 rings (SSSR count). The van der Waals surface area contributed by atoms with Gasteiger partial charge in [-0.1, -0.05) is 55.9 Å². The largest absolute Gasteiger partial charge is 0.351 e. The summed E-state index contributed by atoms with van der Waals surface area (Å²) in [5.74, 6) is -0.0494. The first-order valence-electron chi connectivity index (χ1n) is 9.84. The molecule has 30 heavy (non-hydrogen) atoms. The number of nitrogens with zero attached hydrogens (tertiary/aromatic N) is 2. The van der Waals surface area contributed by atoms with E-state index in [1.165, 1.54) is 23.9 Å². The van der Waals surface area contributed by atoms with Crippen molar-refractivity contribution in [2.24, 2.45) is 5.14 Å². The van der Waals surface area contributed by atoms with Gasteiger partial charge in [0.2, 0.25) is 15.9 Å². The molecule has 0 fully saturated rings. The summed E-state index contributed by atoms with van der Waals surface area (Å²) in [7, 11) is -3.81. The fraction of sp³-hybridized carbons (Fsp3) is 0.333. The highest BCUT2D eigenvalue weighted by Gasteiger charge is 2.22. The van der Waals surface area contributed by atoms with Crippen LogP contribution in [0.5, 0.6) is 0 Å². The summed E-state index contributed by atoms with van der Waals surface area (Å²) in [6.45, 7) is 5.21. The lowest BCUT2D eigenvalue weighted by Crippen LogP contribution is -2.32. The number of hydrogen-bond donors (Lipinski definition) is 2. The number of benzene rings is 2. The first kappa shape index (κ1) is 22.3. The lowest BCUT2D eigenvalue weighted by Gasteiger charge is -2.15. The normalized spacial score (nSPS) is 12.8. The van der Waals surface area contributed by atoms with Crippen LogP contribution in [0.1, 0.15) is 32.3 Å². The number of sulfonamides is 1. The van der Waals surface area contributed by atoms with Gasteiger partial charge in [0.1, 0.15) is 0 Å². The van der Waals surface area contributed by atoms with Gasteiger partial charge in [0, 0.05) is 13.1 Å². The lowest BCUT2D eigenvalue weighted by molar-refractivity contribution is -0.120. The molecule has 1 atom stereocenters. The number of carbonyl (C=O) groups excluding carboxylic acids is 1. The van der Waals surface area contributed by atoms with Crippen LogP contribution in [-0.2, 0) is 27.9 Å². The highest BCUT2D eigenvalue weighted by molar-refractivity contribution is 8.00. The van der Waals surface area contributed by atoms with Gasteiger partial charge in [0.05, 0.1) is 21.2 Å². The number of nitrogens with one attached hydrogen (secondary N) is 1. The third kappa shape index (κ3) is 5.21. The Kier molecular flexibility index (Phi) is 7.17. The maximum absolute atomic E-state index is 12.8. The van der Waals surface area contributed by atoms with E-state index in [0.717, 1.165) is 24.0 Å². The van der Waals surface area contributed by atoms with Crippen LogP contribution in [0.4, 0.5) is 0 Å². The fourth-order valence-corrected chi connectivity index (χ4v) is 4.76. The highest BCUT2D eigenvalue weighted by Crippen LogP contribution is 2.30. The number of hydrogen-bond acceptors (Lipinski definition) is 5. The topological polar surface area (TPSA) is 107 Å². The second-order valence-electron chi connectivity index (χ2n) is 6.96. The Balaban J connectivity index is 1.84. The van der Waals surface area contributed by atoms with Crippen LogP contribution < -0.4 is 10.5 Å². The van der Waals surface area contributed by atoms with Crippen LogP contribution in [0.25, 0.3) is 11.0 Å². The van der Waals surface area contributed by atoms with Crippen molar-refractivity contribution in [1.29, 1.82) is 0 Å². The van der Waals surface area contributed by atoms with Gasteiger partial charge < -0.3 is 9.88 Å². The van der Waals surface area contributed by atoms with Crippen molar-refractivity contribution in [3.63, 3.8) is 0 Å². The highest BCUT2D eigenvalue weighted by atomic mass is 32.2. The summed E-state index contributed by atoms with van der Waals surface area (Å²) >= 11 is 1.40. The Morgan fingerprint density at radius 2 is 1.93 bits per heavy atom. The van der Waals surface area contributed by atoms with Crippen molar-refractivity contribution >= 4 is 38.7 Å². The Morgan fingerprint density at radius 1 is 1.20 bits per heavy atom. The predicted molar refractivity (Wildman–Crippen MR) is 120 cm³/mol. The number of carbonyl (C=O) groups is 1. The molecule has 3 N–H and O–H groups in total. The molecule has 0 aliphatic heterocycles. The van der Waals surface area contributed by atoms with Crippen LogP contribution in [0.2, 0.25) is 0 Å². The summed E-state index contributed by atoms with van der Waals surface area (Å²) in [5, 5.41) is 8.63. The van der Waals surface area contributed by atoms with Crippen LogP contribution in [0.15, 0.2) is 58.6 Å². The monoisotopic (exact) mass is 446 g/mol. The van der Waals surface area contributed by atoms with Gasteiger partial charge in [-0.05, 0) is 36.6 Å². The average molecular weight is 447 g/mol. The second kappa shape index (κ2) is 9.63. The quantitative estimate of drug-likeness (QED) is 0.491. The molecule has 1 unspecified atom stereocenters. The van der Waals surface area contributed by atoms with Gasteiger partial charge in [0.15, 0.2) is 5.16 Å². The summed E-state index contributed by atoms with van der Waals surface area (Å²) in [5.41, 5.74) is 2.42. The van der Waals surface area contributed by atoms with E-state index in [4.69, 9.17) is 5.14 Å². The number of nitrogens with two attached hydrogens (primary N) is 1. The van der Waals surface area contributed by atoms with Gasteiger partial charge in [0.25, 0.3) is 0 Å². The lowest BCUT2D eigenvalue weighted by atomic mass is 10.2. The van der Waals surface area contributed by atoms with Gasteiger partial charge >= 0.3 is 0 Å². The zero-order chi connectivity index (χ0) is 21.7. The van der Waals surface area contributed by atoms with Crippen LogP contribution >= 0.6 is 11.8 Å². The fourth-order valence-electron chi connectivity index (χ4n) is 3.14. The molecule has 3 aromatic rings. The van der Waals surface area contributed by atoms with E-state index in [0.29, 0.717) is 23.6 Å². The van der Waals surface area contributed by atoms with Crippen molar-refractivity contribution in [3.05, 3.63) is 54.1 Å². The second-order valence-corrected chi connectivity index (χ2v) is 9.69. The zero-order valence-corrected chi connectivity index (χ0v) is 18.7. The van der Waals surface area contributed by atoms with E-state index in [1.807, 2.05) is 41.8 Å². The van der Waals surface area contributed by atoms with E-state index in [1.54, 1.807) is 6.07 Å². The van der Waals surface area contributed by atoms with Crippen molar-refractivity contribution < 1.29 is 13.2 Å². The van der Waals surface area contributed by atoms with Gasteiger partial charge in [-0.2, -0.15) is 0 Å². The molecule has 0 bridgehead atoms. The Labute approximate surface area is 181 Å². The number of amides is 1. The molecule has 160 valence electrons. The molecule has 7 nitrogen and oxygen atoms in total. The molecular weight excluding hydrogens is 420 g/mol. The van der Waals surface area contributed by atoms with Crippen molar-refractivity contribution in [2.75, 3.05) is 0 Å². The van der Waals surface area contributed by atoms with Crippen molar-refractivity contribution in [2.45, 2.75) is 55.1 Å². The van der Waals surface area contributed by atoms with Gasteiger partial charge in [-0.3, -0.25) is 4.79 Å². The molecule has 9 heteroatoms.